The van der Waals surface area contributed by atoms with E-state index in [-0.39, 0.29) is 0 Å². The Kier molecular flexibility index (Phi) is 6.34. The summed E-state index contributed by atoms with van der Waals surface area (Å²) < 4.78 is 11.0. The summed E-state index contributed by atoms with van der Waals surface area (Å²) in [6, 6.07) is 7.06. The number of fused-ring (bicyclic) bond motifs is 1. The Morgan fingerprint density at radius 1 is 1.25 bits per heavy atom. The largest absolute Gasteiger partial charge is 0.491 e. The lowest BCUT2D eigenvalue weighted by Crippen LogP contribution is -2.25. The van der Waals surface area contributed by atoms with Gasteiger partial charge in [0.25, 0.3) is 0 Å². The summed E-state index contributed by atoms with van der Waals surface area (Å²) >= 11 is 0. The molecule has 0 fully saturated rings. The Labute approximate surface area is 122 Å². The van der Waals surface area contributed by atoms with Crippen LogP contribution in [0.1, 0.15) is 50.3 Å². The predicted octanol–water partition coefficient (Wildman–Crippen LogP) is 3.48. The molecule has 0 aromatic heterocycles. The Bertz CT molecular complexity index is 406. The summed E-state index contributed by atoms with van der Waals surface area (Å²) in [5.41, 5.74) is 2.90. The first-order valence-electron chi connectivity index (χ1n) is 7.92. The van der Waals surface area contributed by atoms with Crippen LogP contribution in [0.2, 0.25) is 0 Å². The van der Waals surface area contributed by atoms with Gasteiger partial charge in [0.2, 0.25) is 0 Å². The highest BCUT2D eigenvalue weighted by molar-refractivity contribution is 5.39. The fourth-order valence-corrected chi connectivity index (χ4v) is 2.77. The molecule has 1 aliphatic carbocycles. The molecule has 1 aromatic carbocycles. The molecule has 2 rings (SSSR count). The molecule has 1 N–H and O–H groups in total. The fraction of sp³-hybridized carbons (Fsp3) is 0.647. The minimum atomic E-state index is 0.524. The number of nitrogens with one attached hydrogen (secondary N) is 1. The third kappa shape index (κ3) is 4.22. The molecule has 0 radical (unpaired) electrons. The SMILES string of the molecule is CCCNC1CCCc2cc(OCCOCC)ccc21. The van der Waals surface area contributed by atoms with Gasteiger partial charge in [-0.2, -0.15) is 0 Å². The monoisotopic (exact) mass is 277 g/mol. The predicted molar refractivity (Wildman–Crippen MR) is 82.4 cm³/mol. The van der Waals surface area contributed by atoms with E-state index in [2.05, 4.69) is 30.4 Å². The highest BCUT2D eigenvalue weighted by Gasteiger charge is 2.19. The zero-order chi connectivity index (χ0) is 14.2. The molecular formula is C17H27NO2. The molecule has 20 heavy (non-hydrogen) atoms. The number of aryl methyl sites for hydroxylation is 1. The molecule has 0 aliphatic heterocycles. The summed E-state index contributed by atoms with van der Waals surface area (Å²) in [5.74, 6) is 0.972. The molecule has 3 heteroatoms. The molecule has 1 aliphatic rings. The second kappa shape index (κ2) is 8.28. The van der Waals surface area contributed by atoms with Crippen LogP contribution in [0.4, 0.5) is 0 Å². The van der Waals surface area contributed by atoms with Crippen LogP contribution >= 0.6 is 0 Å². The van der Waals surface area contributed by atoms with E-state index >= 15 is 0 Å². The van der Waals surface area contributed by atoms with Crippen molar-refractivity contribution >= 4 is 0 Å². The zero-order valence-electron chi connectivity index (χ0n) is 12.8. The van der Waals surface area contributed by atoms with E-state index in [0.717, 1.165) is 18.9 Å². The van der Waals surface area contributed by atoms with Crippen molar-refractivity contribution in [2.75, 3.05) is 26.4 Å². The number of benzene rings is 1. The van der Waals surface area contributed by atoms with Crippen molar-refractivity contribution in [3.8, 4) is 5.75 Å². The molecule has 0 spiro atoms. The van der Waals surface area contributed by atoms with Crippen molar-refractivity contribution in [3.63, 3.8) is 0 Å². The molecule has 1 aromatic rings. The third-order valence-corrected chi connectivity index (χ3v) is 3.77. The van der Waals surface area contributed by atoms with Gasteiger partial charge in [-0.3, -0.25) is 0 Å². The van der Waals surface area contributed by atoms with Gasteiger partial charge in [0.05, 0.1) is 6.61 Å². The Morgan fingerprint density at radius 2 is 2.15 bits per heavy atom. The third-order valence-electron chi connectivity index (χ3n) is 3.77. The highest BCUT2D eigenvalue weighted by Crippen LogP contribution is 2.32. The Hall–Kier alpha value is -1.06. The maximum absolute atomic E-state index is 5.75. The van der Waals surface area contributed by atoms with Crippen LogP contribution in [0.5, 0.6) is 5.75 Å². The van der Waals surface area contributed by atoms with E-state index in [4.69, 9.17) is 9.47 Å². The lowest BCUT2D eigenvalue weighted by Gasteiger charge is -2.27. The molecule has 0 bridgehead atoms. The Balaban J connectivity index is 1.96. The fourth-order valence-electron chi connectivity index (χ4n) is 2.77. The number of hydrogen-bond donors (Lipinski definition) is 1. The van der Waals surface area contributed by atoms with Crippen LogP contribution < -0.4 is 10.1 Å². The van der Waals surface area contributed by atoms with E-state index in [9.17, 15) is 0 Å². The lowest BCUT2D eigenvalue weighted by molar-refractivity contribution is 0.110. The minimum absolute atomic E-state index is 0.524. The topological polar surface area (TPSA) is 30.5 Å². The summed E-state index contributed by atoms with van der Waals surface area (Å²) in [6.07, 6.45) is 4.86. The van der Waals surface area contributed by atoms with Crippen LogP contribution in [-0.4, -0.2) is 26.4 Å². The van der Waals surface area contributed by atoms with E-state index in [0.29, 0.717) is 19.3 Å². The molecule has 0 saturated heterocycles. The van der Waals surface area contributed by atoms with Gasteiger partial charge < -0.3 is 14.8 Å². The van der Waals surface area contributed by atoms with Gasteiger partial charge >= 0.3 is 0 Å². The van der Waals surface area contributed by atoms with Gasteiger partial charge in [-0.1, -0.05) is 13.0 Å². The van der Waals surface area contributed by atoms with Crippen molar-refractivity contribution in [2.24, 2.45) is 0 Å². The summed E-state index contributed by atoms with van der Waals surface area (Å²) in [4.78, 5) is 0. The number of hydrogen-bond acceptors (Lipinski definition) is 3. The second-order valence-corrected chi connectivity index (χ2v) is 5.30. The van der Waals surface area contributed by atoms with Gasteiger partial charge in [-0.25, -0.2) is 0 Å². The van der Waals surface area contributed by atoms with Crippen molar-refractivity contribution in [1.82, 2.24) is 5.32 Å². The van der Waals surface area contributed by atoms with Crippen molar-refractivity contribution in [3.05, 3.63) is 29.3 Å². The summed E-state index contributed by atoms with van der Waals surface area (Å²) in [6.45, 7) is 7.35. The summed E-state index contributed by atoms with van der Waals surface area (Å²) in [7, 11) is 0. The zero-order valence-corrected chi connectivity index (χ0v) is 12.8. The molecule has 0 heterocycles. The van der Waals surface area contributed by atoms with E-state index in [1.165, 1.54) is 36.8 Å². The second-order valence-electron chi connectivity index (χ2n) is 5.30. The maximum atomic E-state index is 5.75. The van der Waals surface area contributed by atoms with Crippen LogP contribution in [0.15, 0.2) is 18.2 Å². The van der Waals surface area contributed by atoms with Gasteiger partial charge in [0.1, 0.15) is 12.4 Å². The molecule has 112 valence electrons. The first kappa shape index (κ1) is 15.3. The summed E-state index contributed by atoms with van der Waals surface area (Å²) in [5, 5.41) is 3.65. The maximum Gasteiger partial charge on any atom is 0.119 e. The van der Waals surface area contributed by atoms with Gasteiger partial charge in [0, 0.05) is 12.6 Å². The quantitative estimate of drug-likeness (QED) is 0.738. The highest BCUT2D eigenvalue weighted by atomic mass is 16.5. The minimum Gasteiger partial charge on any atom is -0.491 e. The van der Waals surface area contributed by atoms with Crippen LogP contribution in [0.25, 0.3) is 0 Å². The number of rotatable bonds is 8. The van der Waals surface area contributed by atoms with Gasteiger partial charge in [-0.05, 0) is 62.4 Å². The van der Waals surface area contributed by atoms with Crippen molar-refractivity contribution in [2.45, 2.75) is 45.6 Å². The van der Waals surface area contributed by atoms with Crippen LogP contribution in [-0.2, 0) is 11.2 Å². The standard InChI is InChI=1S/C17H27NO2/c1-3-10-18-17-7-5-6-14-13-15(8-9-16(14)17)20-12-11-19-4-2/h8-9,13,17-18H,3-7,10-12H2,1-2H3. The lowest BCUT2D eigenvalue weighted by atomic mass is 9.87. The van der Waals surface area contributed by atoms with Gasteiger partial charge in [-0.15, -0.1) is 0 Å². The molecular weight excluding hydrogens is 250 g/mol. The van der Waals surface area contributed by atoms with Crippen molar-refractivity contribution in [1.29, 1.82) is 0 Å². The molecule has 0 saturated carbocycles. The van der Waals surface area contributed by atoms with Crippen LogP contribution in [0, 0.1) is 0 Å². The first-order chi connectivity index (χ1) is 9.85. The molecule has 3 nitrogen and oxygen atoms in total. The van der Waals surface area contributed by atoms with E-state index in [1.807, 2.05) is 6.92 Å². The van der Waals surface area contributed by atoms with E-state index in [1.54, 1.807) is 0 Å². The first-order valence-corrected chi connectivity index (χ1v) is 7.92. The normalized spacial score (nSPS) is 17.8. The average Bonchev–Trinajstić information content (AvgIpc) is 2.49. The molecule has 1 atom stereocenters. The van der Waals surface area contributed by atoms with Crippen LogP contribution in [0.3, 0.4) is 0 Å². The van der Waals surface area contributed by atoms with Crippen molar-refractivity contribution < 1.29 is 9.47 Å². The Morgan fingerprint density at radius 3 is 2.95 bits per heavy atom. The smallest absolute Gasteiger partial charge is 0.119 e. The number of ether oxygens (including phenoxy) is 2. The molecule has 1 unspecified atom stereocenters. The average molecular weight is 277 g/mol. The van der Waals surface area contributed by atoms with Gasteiger partial charge in [0.15, 0.2) is 0 Å². The molecule has 0 amide bonds. The van der Waals surface area contributed by atoms with E-state index < -0.39 is 0 Å².